The molecule has 2 heterocycles. The fraction of sp³-hybridized carbons (Fsp3) is 0.0526. The molecule has 0 saturated heterocycles. The molecule has 0 atom stereocenters. The largest absolute Gasteiger partial charge is 0.492 e. The Morgan fingerprint density at radius 3 is 1.67 bits per heavy atom. The van der Waals surface area contributed by atoms with E-state index in [1.807, 2.05) is 6.07 Å². The van der Waals surface area contributed by atoms with Crippen LogP contribution >= 0.6 is 0 Å². The second-order valence-corrected chi connectivity index (χ2v) is 5.88. The van der Waals surface area contributed by atoms with Crippen molar-refractivity contribution in [3.63, 3.8) is 0 Å². The summed E-state index contributed by atoms with van der Waals surface area (Å²) in [5, 5.41) is 3.24. The quantitative estimate of drug-likeness (QED) is 0.435. The van der Waals surface area contributed by atoms with Gasteiger partial charge in [-0.05, 0) is 42.5 Å². The number of aromatic nitrogens is 2. The minimum Gasteiger partial charge on any atom is -0.492 e. The van der Waals surface area contributed by atoms with Gasteiger partial charge < -0.3 is 14.7 Å². The molecule has 0 radical (unpaired) electrons. The van der Waals surface area contributed by atoms with Crippen molar-refractivity contribution in [1.29, 1.82) is 0 Å². The predicted molar refractivity (Wildman–Crippen MR) is 91.6 cm³/mol. The topological polar surface area (TPSA) is 40.8 Å². The lowest BCUT2D eigenvalue weighted by Crippen LogP contribution is -1.86. The highest BCUT2D eigenvalue weighted by Gasteiger charge is 2.17. The maximum atomic E-state index is 13.7. The van der Waals surface area contributed by atoms with E-state index in [0.717, 1.165) is 43.6 Å². The van der Waals surface area contributed by atoms with Gasteiger partial charge >= 0.3 is 0 Å². The summed E-state index contributed by atoms with van der Waals surface area (Å²) in [5.41, 5.74) is 3.23. The standard InChI is InChI=1S/C19H12F2N2O/c1-24-19-17-13(11-6-9(20)2-4-15(11)22-17)8-14-12-7-10(21)3-5-16(12)23-18(14)19/h2-8,22-23H,1H3. The molecule has 0 fully saturated rings. The van der Waals surface area contributed by atoms with E-state index < -0.39 is 0 Å². The van der Waals surface area contributed by atoms with Gasteiger partial charge in [0.15, 0.2) is 5.75 Å². The number of hydrogen-bond donors (Lipinski definition) is 2. The number of halogens is 2. The Bertz CT molecular complexity index is 1170. The molecule has 0 aliphatic heterocycles. The number of rotatable bonds is 1. The Hall–Kier alpha value is -3.08. The van der Waals surface area contributed by atoms with Crippen molar-refractivity contribution >= 4 is 43.6 Å². The van der Waals surface area contributed by atoms with Gasteiger partial charge in [0.05, 0.1) is 18.1 Å². The molecular formula is C19H12F2N2O. The highest BCUT2D eigenvalue weighted by Crippen LogP contribution is 2.40. The van der Waals surface area contributed by atoms with Crippen LogP contribution < -0.4 is 4.74 Å². The van der Waals surface area contributed by atoms with Gasteiger partial charge in [0.2, 0.25) is 0 Å². The maximum Gasteiger partial charge on any atom is 0.166 e. The molecule has 3 nitrogen and oxygen atoms in total. The summed E-state index contributed by atoms with van der Waals surface area (Å²) in [6.45, 7) is 0. The number of methoxy groups -OCH3 is 1. The van der Waals surface area contributed by atoms with E-state index in [1.54, 1.807) is 19.2 Å². The molecule has 0 unspecified atom stereocenters. The predicted octanol–water partition coefficient (Wildman–Crippen LogP) is 5.24. The van der Waals surface area contributed by atoms with Crippen LogP contribution in [0, 0.1) is 11.6 Å². The van der Waals surface area contributed by atoms with E-state index in [1.165, 1.54) is 24.3 Å². The lowest BCUT2D eigenvalue weighted by atomic mass is 10.1. The molecular weight excluding hydrogens is 310 g/mol. The Balaban J connectivity index is 2.06. The van der Waals surface area contributed by atoms with Crippen LogP contribution in [0.15, 0.2) is 42.5 Å². The smallest absolute Gasteiger partial charge is 0.166 e. The second kappa shape index (κ2) is 4.47. The zero-order chi connectivity index (χ0) is 16.4. The Kier molecular flexibility index (Phi) is 2.49. The Morgan fingerprint density at radius 1 is 0.708 bits per heavy atom. The number of nitrogens with one attached hydrogen (secondary N) is 2. The molecule has 0 amide bonds. The molecule has 5 heteroatoms. The van der Waals surface area contributed by atoms with Gasteiger partial charge in [-0.2, -0.15) is 0 Å². The normalized spacial score (nSPS) is 12.0. The molecule has 2 N–H and O–H groups in total. The molecule has 0 saturated carbocycles. The third kappa shape index (κ3) is 1.64. The van der Waals surface area contributed by atoms with Gasteiger partial charge in [-0.25, -0.2) is 8.78 Å². The maximum absolute atomic E-state index is 13.7. The van der Waals surface area contributed by atoms with Gasteiger partial charge in [0.1, 0.15) is 11.6 Å². The third-order valence-electron chi connectivity index (χ3n) is 4.55. The number of H-pyrrole nitrogens is 2. The molecule has 0 aliphatic rings. The summed E-state index contributed by atoms with van der Waals surface area (Å²) in [6.07, 6.45) is 0. The van der Waals surface area contributed by atoms with Crippen molar-refractivity contribution in [3.05, 3.63) is 54.1 Å². The lowest BCUT2D eigenvalue weighted by molar-refractivity contribution is 0.423. The third-order valence-corrected chi connectivity index (χ3v) is 4.55. The van der Waals surface area contributed by atoms with Crippen molar-refractivity contribution in [2.75, 3.05) is 7.11 Å². The van der Waals surface area contributed by atoms with Crippen molar-refractivity contribution < 1.29 is 13.5 Å². The van der Waals surface area contributed by atoms with E-state index in [-0.39, 0.29) is 11.6 Å². The van der Waals surface area contributed by atoms with Crippen LogP contribution in [0.3, 0.4) is 0 Å². The zero-order valence-corrected chi connectivity index (χ0v) is 12.7. The number of fused-ring (bicyclic) bond motifs is 6. The van der Waals surface area contributed by atoms with Crippen LogP contribution in [0.4, 0.5) is 8.78 Å². The van der Waals surface area contributed by atoms with Gasteiger partial charge in [-0.3, -0.25) is 0 Å². The summed E-state index contributed by atoms with van der Waals surface area (Å²) in [6, 6.07) is 11.2. The lowest BCUT2D eigenvalue weighted by Gasteiger charge is -2.04. The minimum atomic E-state index is -0.299. The first-order chi connectivity index (χ1) is 11.7. The summed E-state index contributed by atoms with van der Waals surface area (Å²) in [7, 11) is 1.59. The van der Waals surface area contributed by atoms with Gasteiger partial charge in [0.25, 0.3) is 0 Å². The molecule has 0 bridgehead atoms. The number of benzene rings is 3. The van der Waals surface area contributed by atoms with E-state index in [4.69, 9.17) is 4.74 Å². The first kappa shape index (κ1) is 13.4. The van der Waals surface area contributed by atoms with Gasteiger partial charge in [-0.1, -0.05) is 0 Å². The minimum absolute atomic E-state index is 0.299. The SMILES string of the molecule is COc1c2[nH]c3ccc(F)cc3c2cc2c1[nH]c1ccc(F)cc12. The fourth-order valence-corrected chi connectivity index (χ4v) is 3.50. The van der Waals surface area contributed by atoms with Crippen LogP contribution in [0.25, 0.3) is 43.6 Å². The molecule has 0 spiro atoms. The van der Waals surface area contributed by atoms with E-state index in [9.17, 15) is 8.78 Å². The number of hydrogen-bond acceptors (Lipinski definition) is 1. The number of ether oxygens (including phenoxy) is 1. The van der Waals surface area contributed by atoms with Crippen molar-refractivity contribution in [2.24, 2.45) is 0 Å². The monoisotopic (exact) mass is 322 g/mol. The molecule has 0 aliphatic carbocycles. The highest BCUT2D eigenvalue weighted by atomic mass is 19.1. The Labute approximate surface area is 134 Å². The van der Waals surface area contributed by atoms with Gasteiger partial charge in [-0.15, -0.1) is 0 Å². The van der Waals surface area contributed by atoms with Crippen LogP contribution in [-0.2, 0) is 0 Å². The van der Waals surface area contributed by atoms with E-state index in [2.05, 4.69) is 9.97 Å². The summed E-state index contributed by atoms with van der Waals surface area (Å²) in [5.74, 6) is 0.0376. The highest BCUT2D eigenvalue weighted by molar-refractivity contribution is 6.20. The fourth-order valence-electron chi connectivity index (χ4n) is 3.50. The molecule has 3 aromatic carbocycles. The van der Waals surface area contributed by atoms with Crippen molar-refractivity contribution in [1.82, 2.24) is 9.97 Å². The first-order valence-corrected chi connectivity index (χ1v) is 7.54. The second-order valence-electron chi connectivity index (χ2n) is 5.88. The number of aromatic amines is 2. The summed E-state index contributed by atoms with van der Waals surface area (Å²) in [4.78, 5) is 6.57. The van der Waals surface area contributed by atoms with E-state index in [0.29, 0.717) is 5.75 Å². The average Bonchev–Trinajstić information content (AvgIpc) is 3.10. The zero-order valence-electron chi connectivity index (χ0n) is 12.7. The van der Waals surface area contributed by atoms with Crippen LogP contribution in [0.5, 0.6) is 5.75 Å². The molecule has 5 aromatic rings. The molecule has 24 heavy (non-hydrogen) atoms. The van der Waals surface area contributed by atoms with Crippen molar-refractivity contribution in [2.45, 2.75) is 0 Å². The summed E-state index contributed by atoms with van der Waals surface area (Å²) >= 11 is 0. The van der Waals surface area contributed by atoms with Gasteiger partial charge in [0, 0.05) is 32.6 Å². The van der Waals surface area contributed by atoms with Crippen LogP contribution in [-0.4, -0.2) is 17.1 Å². The Morgan fingerprint density at radius 2 is 1.21 bits per heavy atom. The average molecular weight is 322 g/mol. The van der Waals surface area contributed by atoms with Crippen molar-refractivity contribution in [3.8, 4) is 5.75 Å². The first-order valence-electron chi connectivity index (χ1n) is 7.54. The van der Waals surface area contributed by atoms with E-state index >= 15 is 0 Å². The molecule has 118 valence electrons. The van der Waals surface area contributed by atoms with Crippen LogP contribution in [0.1, 0.15) is 0 Å². The molecule has 2 aromatic heterocycles. The summed E-state index contributed by atoms with van der Waals surface area (Å²) < 4.78 is 33.0. The molecule has 5 rings (SSSR count). The van der Waals surface area contributed by atoms with Crippen LogP contribution in [0.2, 0.25) is 0 Å².